The van der Waals surface area contributed by atoms with Gasteiger partial charge in [-0.2, -0.15) is 0 Å². The third-order valence-corrected chi connectivity index (χ3v) is 3.19. The van der Waals surface area contributed by atoms with E-state index in [1.165, 1.54) is 0 Å². The van der Waals surface area contributed by atoms with Crippen LogP contribution in [0.4, 0.5) is 0 Å². The van der Waals surface area contributed by atoms with E-state index >= 15 is 0 Å². The third-order valence-electron chi connectivity index (χ3n) is 2.82. The molecule has 0 saturated carbocycles. The second-order valence-electron chi connectivity index (χ2n) is 4.27. The molecule has 0 amide bonds. The van der Waals surface area contributed by atoms with Crippen molar-refractivity contribution in [3.8, 4) is 0 Å². The lowest BCUT2D eigenvalue weighted by atomic mass is 10.1. The molecule has 0 fully saturated rings. The molecular weight excluding hydrogens is 266 g/mol. The van der Waals surface area contributed by atoms with E-state index in [0.717, 1.165) is 10.6 Å². The van der Waals surface area contributed by atoms with Crippen LogP contribution < -0.4 is 0 Å². The van der Waals surface area contributed by atoms with E-state index in [9.17, 15) is 4.79 Å². The minimum atomic E-state index is -0.908. The number of oxazole rings is 1. The van der Waals surface area contributed by atoms with Gasteiger partial charge < -0.3 is 9.52 Å². The van der Waals surface area contributed by atoms with Crippen LogP contribution in [0.3, 0.4) is 0 Å². The van der Waals surface area contributed by atoms with E-state index < -0.39 is 5.97 Å². The number of nitrogens with zero attached hydrogens (tertiary/aromatic N) is 1. The van der Waals surface area contributed by atoms with Gasteiger partial charge in [0.15, 0.2) is 5.89 Å². The summed E-state index contributed by atoms with van der Waals surface area (Å²) in [5.41, 5.74) is 1.52. The van der Waals surface area contributed by atoms with Crippen LogP contribution in [0.5, 0.6) is 0 Å². The van der Waals surface area contributed by atoms with E-state index in [0.29, 0.717) is 30.2 Å². The molecule has 0 aliphatic carbocycles. The zero-order valence-electron chi connectivity index (χ0n) is 10.5. The average molecular weight is 280 g/mol. The standard InChI is InChI=1S/C14H14ClNO3/c1-9-12(8-14(17)18)16-13(19-9)7-6-10-4-2-3-5-11(10)15/h2-5H,6-8H2,1H3,(H,17,18). The number of aromatic nitrogens is 1. The van der Waals surface area contributed by atoms with Crippen molar-refractivity contribution in [2.75, 3.05) is 0 Å². The maximum absolute atomic E-state index is 10.7. The van der Waals surface area contributed by atoms with Gasteiger partial charge in [-0.25, -0.2) is 4.98 Å². The molecule has 0 aliphatic rings. The fraction of sp³-hybridized carbons (Fsp3) is 0.286. The number of benzene rings is 1. The molecular formula is C14H14ClNO3. The van der Waals surface area contributed by atoms with Gasteiger partial charge in [0.05, 0.1) is 12.1 Å². The molecule has 0 bridgehead atoms. The van der Waals surface area contributed by atoms with E-state index in [2.05, 4.69) is 4.98 Å². The zero-order valence-corrected chi connectivity index (χ0v) is 11.3. The van der Waals surface area contributed by atoms with Gasteiger partial charge in [0.1, 0.15) is 5.76 Å². The minimum absolute atomic E-state index is 0.110. The second kappa shape index (κ2) is 5.89. The molecule has 1 aromatic heterocycles. The van der Waals surface area contributed by atoms with Crippen LogP contribution in [0.25, 0.3) is 0 Å². The van der Waals surface area contributed by atoms with Crippen molar-refractivity contribution >= 4 is 17.6 Å². The Kier molecular flexibility index (Phi) is 4.22. The quantitative estimate of drug-likeness (QED) is 0.914. The molecule has 0 aliphatic heterocycles. The van der Waals surface area contributed by atoms with Gasteiger partial charge in [0, 0.05) is 11.4 Å². The first-order valence-corrected chi connectivity index (χ1v) is 6.34. The molecule has 4 nitrogen and oxygen atoms in total. The van der Waals surface area contributed by atoms with Gasteiger partial charge in [0.25, 0.3) is 0 Å². The molecule has 1 aromatic carbocycles. The fourth-order valence-corrected chi connectivity index (χ4v) is 2.07. The second-order valence-corrected chi connectivity index (χ2v) is 4.68. The van der Waals surface area contributed by atoms with Crippen molar-refractivity contribution in [1.29, 1.82) is 0 Å². The van der Waals surface area contributed by atoms with Crippen molar-refractivity contribution in [1.82, 2.24) is 4.98 Å². The number of hydrogen-bond acceptors (Lipinski definition) is 3. The van der Waals surface area contributed by atoms with Crippen LogP contribution in [0.1, 0.15) is 22.9 Å². The van der Waals surface area contributed by atoms with E-state index in [-0.39, 0.29) is 6.42 Å². The fourth-order valence-electron chi connectivity index (χ4n) is 1.84. The first-order valence-electron chi connectivity index (χ1n) is 5.96. The summed E-state index contributed by atoms with van der Waals surface area (Å²) in [7, 11) is 0. The predicted octanol–water partition coefficient (Wildman–Crippen LogP) is 3.05. The molecule has 0 radical (unpaired) electrons. The predicted molar refractivity (Wildman–Crippen MR) is 71.4 cm³/mol. The van der Waals surface area contributed by atoms with Crippen LogP contribution in [-0.2, 0) is 24.1 Å². The number of hydrogen-bond donors (Lipinski definition) is 1. The van der Waals surface area contributed by atoms with Crippen molar-refractivity contribution in [3.63, 3.8) is 0 Å². The summed E-state index contributed by atoms with van der Waals surface area (Å²) in [6.07, 6.45) is 1.21. The largest absolute Gasteiger partial charge is 0.481 e. The van der Waals surface area contributed by atoms with Crippen molar-refractivity contribution < 1.29 is 14.3 Å². The highest BCUT2D eigenvalue weighted by atomic mass is 35.5. The number of aliphatic carboxylic acids is 1. The summed E-state index contributed by atoms with van der Waals surface area (Å²) in [4.78, 5) is 14.9. The molecule has 1 N–H and O–H groups in total. The number of carboxylic acid groups (broad SMARTS) is 1. The zero-order chi connectivity index (χ0) is 13.8. The first kappa shape index (κ1) is 13.6. The summed E-state index contributed by atoms with van der Waals surface area (Å²) >= 11 is 6.07. The summed E-state index contributed by atoms with van der Waals surface area (Å²) < 4.78 is 5.46. The van der Waals surface area contributed by atoms with Crippen molar-refractivity contribution in [2.45, 2.75) is 26.2 Å². The summed E-state index contributed by atoms with van der Waals surface area (Å²) in [5, 5.41) is 9.46. The molecule has 100 valence electrons. The first-order chi connectivity index (χ1) is 9.06. The number of carbonyl (C=O) groups is 1. The lowest BCUT2D eigenvalue weighted by Gasteiger charge is -2.01. The topological polar surface area (TPSA) is 63.3 Å². The van der Waals surface area contributed by atoms with E-state index in [1.807, 2.05) is 24.3 Å². The van der Waals surface area contributed by atoms with Gasteiger partial charge >= 0.3 is 5.97 Å². The Morgan fingerprint density at radius 1 is 1.37 bits per heavy atom. The van der Waals surface area contributed by atoms with Gasteiger partial charge in [-0.3, -0.25) is 4.79 Å². The molecule has 1 heterocycles. The number of aryl methyl sites for hydroxylation is 3. The number of halogens is 1. The van der Waals surface area contributed by atoms with Crippen LogP contribution in [0.15, 0.2) is 28.7 Å². The smallest absolute Gasteiger partial charge is 0.309 e. The Labute approximate surface area is 116 Å². The maximum atomic E-state index is 10.7. The Morgan fingerprint density at radius 2 is 2.11 bits per heavy atom. The Hall–Kier alpha value is -1.81. The van der Waals surface area contributed by atoms with Crippen LogP contribution in [-0.4, -0.2) is 16.1 Å². The number of carboxylic acids is 1. The van der Waals surface area contributed by atoms with Gasteiger partial charge in [-0.15, -0.1) is 0 Å². The molecule has 0 unspecified atom stereocenters. The molecule has 2 rings (SSSR count). The molecule has 0 spiro atoms. The highest BCUT2D eigenvalue weighted by molar-refractivity contribution is 6.31. The van der Waals surface area contributed by atoms with Crippen LogP contribution in [0.2, 0.25) is 5.02 Å². The normalized spacial score (nSPS) is 10.6. The third kappa shape index (κ3) is 3.58. The lowest BCUT2D eigenvalue weighted by Crippen LogP contribution is -2.02. The summed E-state index contributed by atoms with van der Waals surface area (Å²) in [5.74, 6) is 0.208. The minimum Gasteiger partial charge on any atom is -0.481 e. The molecule has 0 saturated heterocycles. The van der Waals surface area contributed by atoms with Gasteiger partial charge in [-0.1, -0.05) is 29.8 Å². The Balaban J connectivity index is 2.04. The highest BCUT2D eigenvalue weighted by Crippen LogP contribution is 2.18. The summed E-state index contributed by atoms with van der Waals surface area (Å²) in [6, 6.07) is 7.60. The molecule has 2 aromatic rings. The lowest BCUT2D eigenvalue weighted by molar-refractivity contribution is -0.136. The Bertz CT molecular complexity index is 592. The van der Waals surface area contributed by atoms with Crippen LogP contribution >= 0.6 is 11.6 Å². The van der Waals surface area contributed by atoms with Crippen LogP contribution in [0, 0.1) is 6.92 Å². The molecule has 5 heteroatoms. The molecule has 0 atom stereocenters. The van der Waals surface area contributed by atoms with E-state index in [1.54, 1.807) is 6.92 Å². The number of rotatable bonds is 5. The Morgan fingerprint density at radius 3 is 2.79 bits per heavy atom. The van der Waals surface area contributed by atoms with Crippen molar-refractivity contribution in [2.24, 2.45) is 0 Å². The monoisotopic (exact) mass is 279 g/mol. The van der Waals surface area contributed by atoms with Crippen molar-refractivity contribution in [3.05, 3.63) is 52.2 Å². The highest BCUT2D eigenvalue weighted by Gasteiger charge is 2.13. The van der Waals surface area contributed by atoms with Gasteiger partial charge in [0.2, 0.25) is 0 Å². The summed E-state index contributed by atoms with van der Waals surface area (Å²) in [6.45, 7) is 1.73. The molecule has 19 heavy (non-hydrogen) atoms. The SMILES string of the molecule is Cc1oc(CCc2ccccc2Cl)nc1CC(=O)O. The van der Waals surface area contributed by atoms with Gasteiger partial charge in [-0.05, 0) is 25.0 Å². The van der Waals surface area contributed by atoms with E-state index in [4.69, 9.17) is 21.1 Å². The maximum Gasteiger partial charge on any atom is 0.309 e. The average Bonchev–Trinajstić information content (AvgIpc) is 2.68.